The van der Waals surface area contributed by atoms with E-state index in [1.165, 1.54) is 26.4 Å². The SMILES string of the molecule is COC(=O)C1CC(=O)c2c(F)ccc(OC)c2C1. The minimum atomic E-state index is -0.570. The molecular formula is C13H13FO4. The Kier molecular flexibility index (Phi) is 3.32. The fraction of sp³-hybridized carbons (Fsp3) is 0.385. The van der Waals surface area contributed by atoms with E-state index in [0.717, 1.165) is 0 Å². The molecule has 1 aromatic rings. The highest BCUT2D eigenvalue weighted by atomic mass is 19.1. The topological polar surface area (TPSA) is 52.6 Å². The molecule has 5 heteroatoms. The number of fused-ring (bicyclic) bond motifs is 1. The maximum atomic E-state index is 13.7. The Balaban J connectivity index is 2.48. The lowest BCUT2D eigenvalue weighted by molar-refractivity contribution is -0.145. The molecule has 0 spiro atoms. The monoisotopic (exact) mass is 252 g/mol. The van der Waals surface area contributed by atoms with Crippen molar-refractivity contribution in [3.63, 3.8) is 0 Å². The molecule has 96 valence electrons. The van der Waals surface area contributed by atoms with Gasteiger partial charge in [0.15, 0.2) is 5.78 Å². The number of methoxy groups -OCH3 is 2. The van der Waals surface area contributed by atoms with Gasteiger partial charge in [-0.2, -0.15) is 0 Å². The van der Waals surface area contributed by atoms with Gasteiger partial charge in [-0.25, -0.2) is 4.39 Å². The van der Waals surface area contributed by atoms with Crippen molar-refractivity contribution in [3.8, 4) is 5.75 Å². The Morgan fingerprint density at radius 3 is 2.67 bits per heavy atom. The first-order valence-electron chi connectivity index (χ1n) is 5.54. The van der Waals surface area contributed by atoms with E-state index in [1.54, 1.807) is 0 Å². The fourth-order valence-electron chi connectivity index (χ4n) is 2.27. The highest BCUT2D eigenvalue weighted by molar-refractivity contribution is 6.01. The summed E-state index contributed by atoms with van der Waals surface area (Å²) in [6, 6.07) is 2.66. The zero-order valence-electron chi connectivity index (χ0n) is 10.2. The second-order valence-electron chi connectivity index (χ2n) is 4.15. The summed E-state index contributed by atoms with van der Waals surface area (Å²) in [5.74, 6) is -1.55. The molecule has 1 aromatic carbocycles. The third kappa shape index (κ3) is 1.96. The van der Waals surface area contributed by atoms with Crippen molar-refractivity contribution in [1.29, 1.82) is 0 Å². The normalized spacial score (nSPS) is 18.2. The predicted molar refractivity (Wildman–Crippen MR) is 61.1 cm³/mol. The van der Waals surface area contributed by atoms with Gasteiger partial charge in [0.25, 0.3) is 0 Å². The number of benzene rings is 1. The van der Waals surface area contributed by atoms with Crippen LogP contribution in [0, 0.1) is 11.7 Å². The Morgan fingerprint density at radius 1 is 1.33 bits per heavy atom. The van der Waals surface area contributed by atoms with Crippen molar-refractivity contribution >= 4 is 11.8 Å². The molecule has 1 aliphatic rings. The number of hydrogen-bond donors (Lipinski definition) is 0. The van der Waals surface area contributed by atoms with Crippen LogP contribution in [0.3, 0.4) is 0 Å². The van der Waals surface area contributed by atoms with Crippen LogP contribution in [-0.4, -0.2) is 26.0 Å². The van der Waals surface area contributed by atoms with Gasteiger partial charge in [-0.3, -0.25) is 9.59 Å². The molecule has 0 N–H and O–H groups in total. The quantitative estimate of drug-likeness (QED) is 0.752. The summed E-state index contributed by atoms with van der Waals surface area (Å²) in [5, 5.41) is 0. The second-order valence-corrected chi connectivity index (χ2v) is 4.15. The molecule has 1 atom stereocenters. The van der Waals surface area contributed by atoms with Crippen LogP contribution in [-0.2, 0) is 16.0 Å². The average Bonchev–Trinajstić information content (AvgIpc) is 2.37. The van der Waals surface area contributed by atoms with Crippen LogP contribution >= 0.6 is 0 Å². The number of esters is 1. The standard InChI is InChI=1S/C13H13FO4/c1-17-11-4-3-9(14)12-8(11)5-7(6-10(12)15)13(16)18-2/h3-4,7H,5-6H2,1-2H3. The molecule has 1 aliphatic carbocycles. The van der Waals surface area contributed by atoms with Gasteiger partial charge in [-0.05, 0) is 18.6 Å². The minimum absolute atomic E-state index is 0.0240. The van der Waals surface area contributed by atoms with Crippen molar-refractivity contribution in [2.24, 2.45) is 5.92 Å². The summed E-state index contributed by atoms with van der Waals surface area (Å²) in [7, 11) is 2.71. The second kappa shape index (κ2) is 4.76. The first-order chi connectivity index (χ1) is 8.58. The third-order valence-corrected chi connectivity index (χ3v) is 3.13. The summed E-state index contributed by atoms with van der Waals surface area (Å²) >= 11 is 0. The summed E-state index contributed by atoms with van der Waals surface area (Å²) in [4.78, 5) is 23.4. The lowest BCUT2D eigenvalue weighted by Crippen LogP contribution is -2.28. The van der Waals surface area contributed by atoms with Gasteiger partial charge in [0, 0.05) is 12.0 Å². The van der Waals surface area contributed by atoms with Gasteiger partial charge >= 0.3 is 5.97 Å². The number of hydrogen-bond acceptors (Lipinski definition) is 4. The van der Waals surface area contributed by atoms with Gasteiger partial charge in [0.05, 0.1) is 25.7 Å². The van der Waals surface area contributed by atoms with E-state index >= 15 is 0 Å². The molecule has 0 radical (unpaired) electrons. The molecule has 0 saturated heterocycles. The molecule has 18 heavy (non-hydrogen) atoms. The molecule has 0 saturated carbocycles. The summed E-state index contributed by atoms with van der Waals surface area (Å²) in [5.41, 5.74) is 0.485. The molecule has 0 amide bonds. The van der Waals surface area contributed by atoms with Crippen molar-refractivity contribution in [2.45, 2.75) is 12.8 Å². The average molecular weight is 252 g/mol. The number of carbonyl (C=O) groups excluding carboxylic acids is 2. The zero-order chi connectivity index (χ0) is 13.3. The lowest BCUT2D eigenvalue weighted by Gasteiger charge is -2.23. The van der Waals surface area contributed by atoms with E-state index in [2.05, 4.69) is 4.74 Å². The molecule has 0 bridgehead atoms. The van der Waals surface area contributed by atoms with Crippen molar-refractivity contribution in [1.82, 2.24) is 0 Å². The number of ether oxygens (including phenoxy) is 2. The van der Waals surface area contributed by atoms with Gasteiger partial charge in [-0.1, -0.05) is 0 Å². The zero-order valence-corrected chi connectivity index (χ0v) is 10.2. The molecule has 4 nitrogen and oxygen atoms in total. The minimum Gasteiger partial charge on any atom is -0.496 e. The molecule has 0 aliphatic heterocycles. The van der Waals surface area contributed by atoms with E-state index in [0.29, 0.717) is 11.3 Å². The van der Waals surface area contributed by atoms with Gasteiger partial charge in [-0.15, -0.1) is 0 Å². The van der Waals surface area contributed by atoms with E-state index < -0.39 is 17.7 Å². The maximum absolute atomic E-state index is 13.7. The highest BCUT2D eigenvalue weighted by Crippen LogP contribution is 2.34. The fourth-order valence-corrected chi connectivity index (χ4v) is 2.27. The largest absolute Gasteiger partial charge is 0.496 e. The van der Waals surface area contributed by atoms with Crippen LogP contribution in [0.1, 0.15) is 22.3 Å². The van der Waals surface area contributed by atoms with Gasteiger partial charge in [0.1, 0.15) is 11.6 Å². The van der Waals surface area contributed by atoms with Gasteiger partial charge in [0.2, 0.25) is 0 Å². The van der Waals surface area contributed by atoms with Crippen LogP contribution in [0.25, 0.3) is 0 Å². The Morgan fingerprint density at radius 2 is 2.06 bits per heavy atom. The van der Waals surface area contributed by atoms with Crippen molar-refractivity contribution in [3.05, 3.63) is 29.1 Å². The van der Waals surface area contributed by atoms with Crippen LogP contribution < -0.4 is 4.74 Å². The van der Waals surface area contributed by atoms with Crippen LogP contribution in [0.2, 0.25) is 0 Å². The summed E-state index contributed by atoms with van der Waals surface area (Å²) < 4.78 is 23.4. The van der Waals surface area contributed by atoms with E-state index in [1.807, 2.05) is 0 Å². The number of halogens is 1. The highest BCUT2D eigenvalue weighted by Gasteiger charge is 2.34. The molecule has 1 unspecified atom stereocenters. The summed E-state index contributed by atoms with van der Waals surface area (Å²) in [6.07, 6.45) is 0.235. The van der Waals surface area contributed by atoms with Crippen molar-refractivity contribution < 1.29 is 23.5 Å². The number of carbonyl (C=O) groups is 2. The van der Waals surface area contributed by atoms with Crippen LogP contribution in [0.15, 0.2) is 12.1 Å². The Bertz CT molecular complexity index is 510. The molecule has 2 rings (SSSR count). The molecule has 0 aromatic heterocycles. The Hall–Kier alpha value is -1.91. The maximum Gasteiger partial charge on any atom is 0.309 e. The predicted octanol–water partition coefficient (Wildman–Crippen LogP) is 1.75. The lowest BCUT2D eigenvalue weighted by atomic mass is 9.82. The molecule has 0 fully saturated rings. The smallest absolute Gasteiger partial charge is 0.309 e. The van der Waals surface area contributed by atoms with Crippen LogP contribution in [0.4, 0.5) is 4.39 Å². The number of Topliss-reactive ketones (excluding diaryl/α,β-unsaturated/α-hetero) is 1. The van der Waals surface area contributed by atoms with Gasteiger partial charge < -0.3 is 9.47 Å². The number of ketones is 1. The summed E-state index contributed by atoms with van der Waals surface area (Å²) in [6.45, 7) is 0. The number of rotatable bonds is 2. The van der Waals surface area contributed by atoms with E-state index in [-0.39, 0.29) is 24.2 Å². The molecule has 0 heterocycles. The first kappa shape index (κ1) is 12.5. The van der Waals surface area contributed by atoms with E-state index in [9.17, 15) is 14.0 Å². The third-order valence-electron chi connectivity index (χ3n) is 3.13. The first-order valence-corrected chi connectivity index (χ1v) is 5.54. The Labute approximate surface area is 104 Å². The molecular weight excluding hydrogens is 239 g/mol. The van der Waals surface area contributed by atoms with Crippen molar-refractivity contribution in [2.75, 3.05) is 14.2 Å². The van der Waals surface area contributed by atoms with Crippen LogP contribution in [0.5, 0.6) is 5.75 Å². The van der Waals surface area contributed by atoms with E-state index in [4.69, 9.17) is 4.74 Å².